The SMILES string of the molecule is COc1ccc(N(C)C(=O)CCC(C)N)cc1F. The van der Waals surface area contributed by atoms with Crippen LogP contribution in [-0.2, 0) is 4.79 Å². The lowest BCUT2D eigenvalue weighted by Crippen LogP contribution is -2.28. The number of rotatable bonds is 5. The van der Waals surface area contributed by atoms with Crippen LogP contribution >= 0.6 is 0 Å². The maximum atomic E-state index is 13.5. The van der Waals surface area contributed by atoms with Gasteiger partial charge in [-0.25, -0.2) is 4.39 Å². The molecule has 1 amide bonds. The van der Waals surface area contributed by atoms with E-state index in [0.717, 1.165) is 0 Å². The van der Waals surface area contributed by atoms with Crippen molar-refractivity contribution >= 4 is 11.6 Å². The van der Waals surface area contributed by atoms with Crippen LogP contribution in [0, 0.1) is 5.82 Å². The smallest absolute Gasteiger partial charge is 0.226 e. The second-order valence-corrected chi connectivity index (χ2v) is 4.29. The Labute approximate surface area is 107 Å². The van der Waals surface area contributed by atoms with E-state index in [9.17, 15) is 9.18 Å². The van der Waals surface area contributed by atoms with Gasteiger partial charge in [-0.05, 0) is 25.5 Å². The number of methoxy groups -OCH3 is 1. The summed E-state index contributed by atoms with van der Waals surface area (Å²) >= 11 is 0. The lowest BCUT2D eigenvalue weighted by Gasteiger charge is -2.18. The first-order chi connectivity index (χ1) is 8.45. The van der Waals surface area contributed by atoms with Crippen molar-refractivity contribution in [2.24, 2.45) is 5.73 Å². The Hall–Kier alpha value is -1.62. The van der Waals surface area contributed by atoms with Gasteiger partial charge in [0, 0.05) is 31.3 Å². The fourth-order valence-electron chi connectivity index (χ4n) is 1.53. The normalized spacial score (nSPS) is 12.1. The van der Waals surface area contributed by atoms with E-state index >= 15 is 0 Å². The van der Waals surface area contributed by atoms with Crippen LogP contribution in [0.15, 0.2) is 18.2 Å². The van der Waals surface area contributed by atoms with Gasteiger partial charge in [-0.1, -0.05) is 0 Å². The number of ether oxygens (including phenoxy) is 1. The molecule has 1 rings (SSSR count). The van der Waals surface area contributed by atoms with Gasteiger partial charge in [-0.3, -0.25) is 4.79 Å². The number of hydrogen-bond acceptors (Lipinski definition) is 3. The standard InChI is InChI=1S/C13H19FN2O2/c1-9(15)4-7-13(17)16(2)10-5-6-12(18-3)11(14)8-10/h5-6,8-9H,4,7,15H2,1-3H3. The van der Waals surface area contributed by atoms with Gasteiger partial charge < -0.3 is 15.4 Å². The maximum Gasteiger partial charge on any atom is 0.226 e. The largest absolute Gasteiger partial charge is 0.494 e. The number of anilines is 1. The molecular weight excluding hydrogens is 235 g/mol. The molecule has 0 heterocycles. The van der Waals surface area contributed by atoms with E-state index in [4.69, 9.17) is 10.5 Å². The van der Waals surface area contributed by atoms with Crippen LogP contribution < -0.4 is 15.4 Å². The van der Waals surface area contributed by atoms with E-state index in [1.807, 2.05) is 6.92 Å². The van der Waals surface area contributed by atoms with Crippen molar-refractivity contribution in [1.82, 2.24) is 0 Å². The lowest BCUT2D eigenvalue weighted by molar-refractivity contribution is -0.118. The zero-order valence-corrected chi connectivity index (χ0v) is 10.9. The highest BCUT2D eigenvalue weighted by Gasteiger charge is 2.13. The summed E-state index contributed by atoms with van der Waals surface area (Å²) in [5, 5.41) is 0. The third-order valence-electron chi connectivity index (χ3n) is 2.71. The summed E-state index contributed by atoms with van der Waals surface area (Å²) in [4.78, 5) is 13.3. The monoisotopic (exact) mass is 254 g/mol. The Balaban J connectivity index is 2.74. The minimum atomic E-state index is -0.484. The zero-order valence-electron chi connectivity index (χ0n) is 10.9. The van der Waals surface area contributed by atoms with Crippen LogP contribution in [0.3, 0.4) is 0 Å². The van der Waals surface area contributed by atoms with Crippen molar-refractivity contribution in [1.29, 1.82) is 0 Å². The number of carbonyl (C=O) groups is 1. The van der Waals surface area contributed by atoms with Gasteiger partial charge in [0.25, 0.3) is 0 Å². The Bertz CT molecular complexity index is 421. The van der Waals surface area contributed by atoms with E-state index in [1.165, 1.54) is 24.1 Å². The van der Waals surface area contributed by atoms with E-state index in [0.29, 0.717) is 18.5 Å². The molecule has 0 bridgehead atoms. The first-order valence-electron chi connectivity index (χ1n) is 5.81. The van der Waals surface area contributed by atoms with Crippen LogP contribution in [0.2, 0.25) is 0 Å². The number of hydrogen-bond donors (Lipinski definition) is 1. The molecule has 18 heavy (non-hydrogen) atoms. The van der Waals surface area contributed by atoms with Crippen molar-refractivity contribution < 1.29 is 13.9 Å². The minimum Gasteiger partial charge on any atom is -0.494 e. The number of benzene rings is 1. The number of halogens is 1. The summed E-state index contributed by atoms with van der Waals surface area (Å²) in [6.45, 7) is 1.85. The Morgan fingerprint density at radius 3 is 2.72 bits per heavy atom. The van der Waals surface area contributed by atoms with E-state index in [-0.39, 0.29) is 17.7 Å². The topological polar surface area (TPSA) is 55.6 Å². The number of carbonyl (C=O) groups excluding carboxylic acids is 1. The van der Waals surface area contributed by atoms with Crippen molar-refractivity contribution in [3.8, 4) is 5.75 Å². The maximum absolute atomic E-state index is 13.5. The quantitative estimate of drug-likeness (QED) is 0.873. The first kappa shape index (κ1) is 14.4. The van der Waals surface area contributed by atoms with Gasteiger partial charge in [0.2, 0.25) is 5.91 Å². The number of nitrogens with two attached hydrogens (primary N) is 1. The molecule has 0 aromatic heterocycles. The van der Waals surface area contributed by atoms with Crippen LogP contribution in [0.5, 0.6) is 5.75 Å². The van der Waals surface area contributed by atoms with Crippen molar-refractivity contribution in [3.05, 3.63) is 24.0 Å². The van der Waals surface area contributed by atoms with Crippen LogP contribution in [0.1, 0.15) is 19.8 Å². The molecule has 1 aromatic carbocycles. The van der Waals surface area contributed by atoms with Gasteiger partial charge in [-0.2, -0.15) is 0 Å². The minimum absolute atomic E-state index is 0.0186. The van der Waals surface area contributed by atoms with Gasteiger partial charge in [0.1, 0.15) is 0 Å². The molecule has 0 saturated carbocycles. The molecule has 0 aliphatic rings. The van der Waals surface area contributed by atoms with Gasteiger partial charge in [0.15, 0.2) is 11.6 Å². The fourth-order valence-corrected chi connectivity index (χ4v) is 1.53. The van der Waals surface area contributed by atoms with Crippen LogP contribution in [-0.4, -0.2) is 26.1 Å². The zero-order chi connectivity index (χ0) is 13.7. The van der Waals surface area contributed by atoms with E-state index < -0.39 is 5.82 Å². The predicted molar refractivity (Wildman–Crippen MR) is 69.2 cm³/mol. The summed E-state index contributed by atoms with van der Waals surface area (Å²) in [5.74, 6) is -0.408. The third-order valence-corrected chi connectivity index (χ3v) is 2.71. The van der Waals surface area contributed by atoms with Crippen molar-refractivity contribution in [3.63, 3.8) is 0 Å². The summed E-state index contributed by atoms with van der Waals surface area (Å²) in [5.41, 5.74) is 6.10. The Morgan fingerprint density at radius 2 is 2.22 bits per heavy atom. The first-order valence-corrected chi connectivity index (χ1v) is 5.81. The molecule has 5 heteroatoms. The highest BCUT2D eigenvalue weighted by atomic mass is 19.1. The molecule has 0 spiro atoms. The second kappa shape index (κ2) is 6.35. The molecule has 1 unspecified atom stereocenters. The molecule has 4 nitrogen and oxygen atoms in total. The molecule has 0 saturated heterocycles. The van der Waals surface area contributed by atoms with Gasteiger partial charge in [-0.15, -0.1) is 0 Å². The molecule has 0 fully saturated rings. The number of nitrogens with zero attached hydrogens (tertiary/aromatic N) is 1. The molecular formula is C13H19FN2O2. The van der Waals surface area contributed by atoms with Crippen molar-refractivity contribution in [2.45, 2.75) is 25.8 Å². The van der Waals surface area contributed by atoms with Gasteiger partial charge in [0.05, 0.1) is 7.11 Å². The highest BCUT2D eigenvalue weighted by Crippen LogP contribution is 2.23. The third kappa shape index (κ3) is 3.70. The van der Waals surface area contributed by atoms with Crippen molar-refractivity contribution in [2.75, 3.05) is 19.1 Å². The van der Waals surface area contributed by atoms with Gasteiger partial charge >= 0.3 is 0 Å². The Morgan fingerprint density at radius 1 is 1.56 bits per heavy atom. The summed E-state index contributed by atoms with van der Waals surface area (Å²) in [6.07, 6.45) is 0.962. The van der Waals surface area contributed by atoms with Crippen LogP contribution in [0.25, 0.3) is 0 Å². The summed E-state index contributed by atoms with van der Waals surface area (Å²) in [7, 11) is 3.01. The summed E-state index contributed by atoms with van der Waals surface area (Å²) in [6, 6.07) is 4.41. The molecule has 2 N–H and O–H groups in total. The Kier molecular flexibility index (Phi) is 5.09. The number of amides is 1. The second-order valence-electron chi connectivity index (χ2n) is 4.29. The average molecular weight is 254 g/mol. The van der Waals surface area contributed by atoms with Crippen LogP contribution in [0.4, 0.5) is 10.1 Å². The lowest BCUT2D eigenvalue weighted by atomic mass is 10.1. The predicted octanol–water partition coefficient (Wildman–Crippen LogP) is 1.92. The average Bonchev–Trinajstić information content (AvgIpc) is 2.34. The molecule has 0 aliphatic heterocycles. The van der Waals surface area contributed by atoms with E-state index in [2.05, 4.69) is 0 Å². The summed E-state index contributed by atoms with van der Waals surface area (Å²) < 4.78 is 18.3. The molecule has 0 radical (unpaired) electrons. The molecule has 100 valence electrons. The molecule has 1 aromatic rings. The molecule has 0 aliphatic carbocycles. The molecule has 1 atom stereocenters. The van der Waals surface area contributed by atoms with E-state index in [1.54, 1.807) is 13.1 Å². The fraction of sp³-hybridized carbons (Fsp3) is 0.462. The highest BCUT2D eigenvalue weighted by molar-refractivity contribution is 5.92.